The van der Waals surface area contributed by atoms with Crippen LogP contribution in [0.25, 0.3) is 0 Å². The Labute approximate surface area is 92.9 Å². The Bertz CT molecular complexity index is 381. The summed E-state index contributed by atoms with van der Waals surface area (Å²) < 4.78 is 31.8. The van der Waals surface area contributed by atoms with Gasteiger partial charge in [0.2, 0.25) is 0 Å². The summed E-state index contributed by atoms with van der Waals surface area (Å²) in [6.45, 7) is 2.48. The van der Waals surface area contributed by atoms with E-state index in [1.807, 2.05) is 6.92 Å². The largest absolute Gasteiger partial charge is 0.386 e. The molecule has 1 aromatic carbocycles. The van der Waals surface area contributed by atoms with Crippen LogP contribution < -0.4 is 0 Å². The van der Waals surface area contributed by atoms with Crippen molar-refractivity contribution in [1.29, 1.82) is 0 Å². The van der Waals surface area contributed by atoms with E-state index in [-0.39, 0.29) is 11.5 Å². The maximum Gasteiger partial charge on any atom is 0.164 e. The molecule has 0 bridgehead atoms. The van der Waals surface area contributed by atoms with E-state index in [1.54, 1.807) is 0 Å². The highest BCUT2D eigenvalue weighted by molar-refractivity contribution is 5.22. The first-order valence-electron chi connectivity index (χ1n) is 5.35. The standard InChI is InChI=1S/C12H14F2O2/c1-7-5-6-16-12(7)11(15)8-3-2-4-9(13)10(8)14/h2-4,7,11-12,15H,5-6H2,1H3. The molecule has 0 radical (unpaired) electrons. The molecule has 3 unspecified atom stereocenters. The van der Waals surface area contributed by atoms with Gasteiger partial charge in [-0.25, -0.2) is 8.78 Å². The second-order valence-corrected chi connectivity index (χ2v) is 4.19. The number of halogens is 2. The van der Waals surface area contributed by atoms with Crippen molar-refractivity contribution in [2.24, 2.45) is 5.92 Å². The summed E-state index contributed by atoms with van der Waals surface area (Å²) in [5.41, 5.74) is -0.0289. The van der Waals surface area contributed by atoms with Gasteiger partial charge in [0.1, 0.15) is 6.10 Å². The third-order valence-corrected chi connectivity index (χ3v) is 3.06. The normalized spacial score (nSPS) is 27.0. The third-order valence-electron chi connectivity index (χ3n) is 3.06. The summed E-state index contributed by atoms with van der Waals surface area (Å²) in [4.78, 5) is 0. The predicted octanol–water partition coefficient (Wildman–Crippen LogP) is 2.42. The van der Waals surface area contributed by atoms with Gasteiger partial charge in [0.25, 0.3) is 0 Å². The highest BCUT2D eigenvalue weighted by atomic mass is 19.2. The molecule has 0 saturated carbocycles. The Morgan fingerprint density at radius 3 is 2.81 bits per heavy atom. The molecule has 0 aromatic heterocycles. The van der Waals surface area contributed by atoms with Gasteiger partial charge in [-0.3, -0.25) is 0 Å². The van der Waals surface area contributed by atoms with Gasteiger partial charge in [-0.2, -0.15) is 0 Å². The smallest absolute Gasteiger partial charge is 0.164 e. The fourth-order valence-electron chi connectivity index (χ4n) is 2.05. The zero-order valence-electron chi connectivity index (χ0n) is 8.99. The summed E-state index contributed by atoms with van der Waals surface area (Å²) in [6, 6.07) is 3.80. The summed E-state index contributed by atoms with van der Waals surface area (Å²) in [6.07, 6.45) is -0.719. The summed E-state index contributed by atoms with van der Waals surface area (Å²) in [5.74, 6) is -1.78. The zero-order chi connectivity index (χ0) is 11.7. The molecule has 1 aliphatic rings. The van der Waals surface area contributed by atoms with Gasteiger partial charge in [0.05, 0.1) is 6.10 Å². The van der Waals surface area contributed by atoms with Crippen molar-refractivity contribution in [1.82, 2.24) is 0 Å². The van der Waals surface area contributed by atoms with Gasteiger partial charge >= 0.3 is 0 Å². The molecule has 2 nitrogen and oxygen atoms in total. The van der Waals surface area contributed by atoms with E-state index in [0.717, 1.165) is 12.5 Å². The molecule has 0 aliphatic carbocycles. The third kappa shape index (κ3) is 1.95. The number of aliphatic hydroxyl groups is 1. The van der Waals surface area contributed by atoms with Crippen molar-refractivity contribution >= 4 is 0 Å². The van der Waals surface area contributed by atoms with Crippen LogP contribution in [0.4, 0.5) is 8.78 Å². The van der Waals surface area contributed by atoms with Crippen LogP contribution in [0, 0.1) is 17.6 Å². The van der Waals surface area contributed by atoms with Gasteiger partial charge in [0.15, 0.2) is 11.6 Å². The van der Waals surface area contributed by atoms with Crippen molar-refractivity contribution in [3.8, 4) is 0 Å². The number of benzene rings is 1. The minimum atomic E-state index is -1.10. The molecule has 1 saturated heterocycles. The minimum absolute atomic E-state index is 0.0289. The molecule has 4 heteroatoms. The Balaban J connectivity index is 2.26. The SMILES string of the molecule is CC1CCOC1C(O)c1cccc(F)c1F. The first-order chi connectivity index (χ1) is 7.61. The Morgan fingerprint density at radius 1 is 1.44 bits per heavy atom. The average Bonchev–Trinajstić information content (AvgIpc) is 2.68. The lowest BCUT2D eigenvalue weighted by Crippen LogP contribution is -2.24. The number of aliphatic hydroxyl groups excluding tert-OH is 1. The highest BCUT2D eigenvalue weighted by Gasteiger charge is 2.33. The lowest BCUT2D eigenvalue weighted by atomic mass is 9.94. The maximum absolute atomic E-state index is 13.4. The monoisotopic (exact) mass is 228 g/mol. The van der Waals surface area contributed by atoms with Crippen LogP contribution in [0.3, 0.4) is 0 Å². The minimum Gasteiger partial charge on any atom is -0.386 e. The summed E-state index contributed by atoms with van der Waals surface area (Å²) in [7, 11) is 0. The van der Waals surface area contributed by atoms with E-state index >= 15 is 0 Å². The van der Waals surface area contributed by atoms with Crippen LogP contribution >= 0.6 is 0 Å². The Kier molecular flexibility index (Phi) is 3.21. The summed E-state index contributed by atoms with van der Waals surface area (Å²) >= 11 is 0. The lowest BCUT2D eigenvalue weighted by molar-refractivity contribution is -0.0196. The van der Waals surface area contributed by atoms with Gasteiger partial charge in [-0.15, -0.1) is 0 Å². The first kappa shape index (κ1) is 11.5. The van der Waals surface area contributed by atoms with Crippen LogP contribution in [0.5, 0.6) is 0 Å². The van der Waals surface area contributed by atoms with E-state index in [9.17, 15) is 13.9 Å². The quantitative estimate of drug-likeness (QED) is 0.842. The van der Waals surface area contributed by atoms with Gasteiger partial charge in [-0.05, 0) is 18.4 Å². The number of rotatable bonds is 2. The average molecular weight is 228 g/mol. The van der Waals surface area contributed by atoms with E-state index in [0.29, 0.717) is 6.61 Å². The molecular weight excluding hydrogens is 214 g/mol. The van der Waals surface area contributed by atoms with Crippen molar-refractivity contribution in [2.45, 2.75) is 25.6 Å². The molecule has 0 spiro atoms. The number of ether oxygens (including phenoxy) is 1. The maximum atomic E-state index is 13.4. The molecule has 2 rings (SSSR count). The van der Waals surface area contributed by atoms with Gasteiger partial charge in [0, 0.05) is 12.2 Å². The van der Waals surface area contributed by atoms with Crippen LogP contribution in [0.2, 0.25) is 0 Å². The van der Waals surface area contributed by atoms with Crippen LogP contribution in [0.15, 0.2) is 18.2 Å². The zero-order valence-corrected chi connectivity index (χ0v) is 8.99. The second-order valence-electron chi connectivity index (χ2n) is 4.19. The van der Waals surface area contributed by atoms with E-state index in [2.05, 4.69) is 0 Å². The van der Waals surface area contributed by atoms with Crippen LogP contribution in [-0.4, -0.2) is 17.8 Å². The molecule has 3 atom stereocenters. The number of hydrogen-bond donors (Lipinski definition) is 1. The van der Waals surface area contributed by atoms with Crippen molar-refractivity contribution in [2.75, 3.05) is 6.61 Å². The van der Waals surface area contributed by atoms with Crippen molar-refractivity contribution in [3.05, 3.63) is 35.4 Å². The molecule has 1 aliphatic heterocycles. The molecule has 16 heavy (non-hydrogen) atoms. The van der Waals surface area contributed by atoms with Gasteiger partial charge < -0.3 is 9.84 Å². The van der Waals surface area contributed by atoms with Crippen molar-refractivity contribution < 1.29 is 18.6 Å². The fraction of sp³-hybridized carbons (Fsp3) is 0.500. The Hall–Kier alpha value is -1.00. The molecule has 1 heterocycles. The summed E-state index contributed by atoms with van der Waals surface area (Å²) in [5, 5.41) is 9.96. The fourth-order valence-corrected chi connectivity index (χ4v) is 2.05. The first-order valence-corrected chi connectivity index (χ1v) is 5.35. The highest BCUT2D eigenvalue weighted by Crippen LogP contribution is 2.32. The molecule has 1 N–H and O–H groups in total. The van der Waals surface area contributed by atoms with E-state index in [4.69, 9.17) is 4.74 Å². The Morgan fingerprint density at radius 2 is 2.19 bits per heavy atom. The van der Waals surface area contributed by atoms with Crippen LogP contribution in [-0.2, 0) is 4.74 Å². The number of hydrogen-bond acceptors (Lipinski definition) is 2. The van der Waals surface area contributed by atoms with E-state index < -0.39 is 23.8 Å². The van der Waals surface area contributed by atoms with Crippen molar-refractivity contribution in [3.63, 3.8) is 0 Å². The molecule has 0 amide bonds. The molecular formula is C12H14F2O2. The molecule has 1 aromatic rings. The molecule has 1 fully saturated rings. The van der Waals surface area contributed by atoms with Crippen LogP contribution in [0.1, 0.15) is 25.0 Å². The second kappa shape index (κ2) is 4.47. The predicted molar refractivity (Wildman–Crippen MR) is 54.8 cm³/mol. The van der Waals surface area contributed by atoms with Gasteiger partial charge in [-0.1, -0.05) is 19.1 Å². The van der Waals surface area contributed by atoms with E-state index in [1.165, 1.54) is 12.1 Å². The lowest BCUT2D eigenvalue weighted by Gasteiger charge is -2.22. The molecule has 88 valence electrons. The topological polar surface area (TPSA) is 29.5 Å².